The minimum absolute atomic E-state index is 0.0215. The van der Waals surface area contributed by atoms with E-state index in [4.69, 9.17) is 0 Å². The van der Waals surface area contributed by atoms with Crippen LogP contribution in [0.1, 0.15) is 67.6 Å². The first-order valence-electron chi connectivity index (χ1n) is 10.5. The maximum atomic E-state index is 14.8. The van der Waals surface area contributed by atoms with Gasteiger partial charge in [-0.05, 0) is 51.3 Å². The van der Waals surface area contributed by atoms with E-state index >= 15 is 0 Å². The van der Waals surface area contributed by atoms with Gasteiger partial charge >= 0.3 is 0 Å². The molecule has 3 aromatic rings. The Kier molecular flexibility index (Phi) is 4.88. The number of aliphatic hydroxyl groups is 1. The van der Waals surface area contributed by atoms with Crippen LogP contribution in [-0.4, -0.2) is 33.9 Å². The molecular formula is C21H25FN6O3S. The van der Waals surface area contributed by atoms with E-state index in [1.165, 1.54) is 12.1 Å². The molecule has 1 aliphatic carbocycles. The van der Waals surface area contributed by atoms with Crippen LogP contribution in [0.15, 0.2) is 29.2 Å². The Labute approximate surface area is 184 Å². The molecule has 1 aliphatic heterocycles. The first-order valence-corrected chi connectivity index (χ1v) is 12.0. The van der Waals surface area contributed by atoms with E-state index in [1.807, 2.05) is 12.1 Å². The first-order chi connectivity index (χ1) is 15.1. The molecule has 0 bridgehead atoms. The third-order valence-electron chi connectivity index (χ3n) is 6.33. The average Bonchev–Trinajstić information content (AvgIpc) is 3.49. The van der Waals surface area contributed by atoms with Crippen LogP contribution in [0.3, 0.4) is 0 Å². The number of fused-ring (bicyclic) bond motifs is 1. The van der Waals surface area contributed by atoms with E-state index in [0.29, 0.717) is 17.4 Å². The summed E-state index contributed by atoms with van der Waals surface area (Å²) in [7, 11) is -3.62. The zero-order valence-corrected chi connectivity index (χ0v) is 18.6. The van der Waals surface area contributed by atoms with Crippen molar-refractivity contribution in [2.75, 3.05) is 5.32 Å². The SMILES string of the molecule is CC(C)(O)c1cc(C2CCC(c3cc(Nc4ccc5c(c4F)CNS5(=O)=O)n[nH]3)C2)[nH]n1. The van der Waals surface area contributed by atoms with Crippen LogP contribution in [0, 0.1) is 5.82 Å². The highest BCUT2D eigenvalue weighted by atomic mass is 32.2. The fraction of sp³-hybridized carbons (Fsp3) is 0.429. The van der Waals surface area contributed by atoms with Crippen molar-refractivity contribution < 1.29 is 17.9 Å². The summed E-state index contributed by atoms with van der Waals surface area (Å²) in [5, 5.41) is 27.7. The van der Waals surface area contributed by atoms with Gasteiger partial charge in [0.1, 0.15) is 5.60 Å². The summed E-state index contributed by atoms with van der Waals surface area (Å²) in [6, 6.07) is 6.61. The van der Waals surface area contributed by atoms with Crippen LogP contribution in [0.5, 0.6) is 0 Å². The number of benzene rings is 1. The topological polar surface area (TPSA) is 136 Å². The summed E-state index contributed by atoms with van der Waals surface area (Å²) in [5.41, 5.74) is 1.94. The Morgan fingerprint density at radius 1 is 1.12 bits per heavy atom. The molecule has 32 heavy (non-hydrogen) atoms. The van der Waals surface area contributed by atoms with Crippen molar-refractivity contribution in [3.8, 4) is 0 Å². The predicted molar refractivity (Wildman–Crippen MR) is 115 cm³/mol. The molecule has 2 unspecified atom stereocenters. The van der Waals surface area contributed by atoms with E-state index in [-0.39, 0.29) is 28.6 Å². The lowest BCUT2D eigenvalue weighted by Gasteiger charge is -2.12. The quantitative estimate of drug-likeness (QED) is 0.397. The molecule has 3 heterocycles. The van der Waals surface area contributed by atoms with Gasteiger partial charge in [-0.2, -0.15) is 10.2 Å². The maximum Gasteiger partial charge on any atom is 0.241 e. The van der Waals surface area contributed by atoms with Crippen molar-refractivity contribution in [1.29, 1.82) is 0 Å². The second kappa shape index (κ2) is 7.39. The zero-order valence-electron chi connectivity index (χ0n) is 17.7. The number of halogens is 1. The van der Waals surface area contributed by atoms with Gasteiger partial charge in [-0.25, -0.2) is 17.5 Å². The molecule has 2 aromatic heterocycles. The number of nitrogens with one attached hydrogen (secondary N) is 4. The van der Waals surface area contributed by atoms with Gasteiger partial charge in [0.05, 0.1) is 16.3 Å². The number of aromatic amines is 2. The van der Waals surface area contributed by atoms with E-state index in [1.54, 1.807) is 13.8 Å². The van der Waals surface area contributed by atoms with E-state index < -0.39 is 21.4 Å². The van der Waals surface area contributed by atoms with Crippen molar-refractivity contribution in [2.45, 2.75) is 62.0 Å². The Morgan fingerprint density at radius 3 is 2.50 bits per heavy atom. The zero-order chi connectivity index (χ0) is 22.7. The number of rotatable bonds is 5. The number of nitrogens with zero attached hydrogens (tertiary/aromatic N) is 2. The van der Waals surface area contributed by atoms with E-state index in [9.17, 15) is 17.9 Å². The minimum atomic E-state index is -3.62. The number of H-pyrrole nitrogens is 2. The highest BCUT2D eigenvalue weighted by Crippen LogP contribution is 2.43. The van der Waals surface area contributed by atoms with Crippen LogP contribution < -0.4 is 10.0 Å². The summed E-state index contributed by atoms with van der Waals surface area (Å²) in [5.74, 6) is 0.466. The van der Waals surface area contributed by atoms with Crippen LogP contribution in [0.4, 0.5) is 15.9 Å². The number of sulfonamides is 1. The molecule has 5 N–H and O–H groups in total. The summed E-state index contributed by atoms with van der Waals surface area (Å²) in [4.78, 5) is -0.0215. The Bertz CT molecular complexity index is 1280. The smallest absolute Gasteiger partial charge is 0.241 e. The lowest BCUT2D eigenvalue weighted by atomic mass is 9.98. The number of anilines is 2. The lowest BCUT2D eigenvalue weighted by molar-refractivity contribution is 0.0738. The molecule has 2 aliphatic rings. The minimum Gasteiger partial charge on any atom is -0.384 e. The number of hydrogen-bond acceptors (Lipinski definition) is 6. The van der Waals surface area contributed by atoms with Crippen LogP contribution in [-0.2, 0) is 22.2 Å². The van der Waals surface area contributed by atoms with Crippen molar-refractivity contribution in [3.05, 3.63) is 52.7 Å². The molecule has 0 radical (unpaired) electrons. The second-order valence-corrected chi connectivity index (χ2v) is 10.8. The van der Waals surface area contributed by atoms with Crippen LogP contribution >= 0.6 is 0 Å². The fourth-order valence-electron chi connectivity index (χ4n) is 4.51. The third-order valence-corrected chi connectivity index (χ3v) is 7.81. The highest BCUT2D eigenvalue weighted by Gasteiger charge is 2.32. The summed E-state index contributed by atoms with van der Waals surface area (Å²) in [6.07, 6.45) is 2.87. The standard InChI is InChI=1S/C21H25FN6O3S/c1-21(2,29)18-8-15(25-27-18)11-3-4-12(7-11)16-9-19(28-26-16)24-14-5-6-17-13(20(14)22)10-23-32(17,30)31/h5-6,8-9,11-12,23,29H,3-4,7,10H2,1-2H3,(H,25,27)(H2,24,26,28). The van der Waals surface area contributed by atoms with Gasteiger partial charge < -0.3 is 10.4 Å². The molecule has 5 rings (SSSR count). The Hall–Kier alpha value is -2.76. The highest BCUT2D eigenvalue weighted by molar-refractivity contribution is 7.89. The molecule has 0 saturated heterocycles. The van der Waals surface area contributed by atoms with Crippen LogP contribution in [0.25, 0.3) is 0 Å². The normalized spacial score (nSPS) is 22.2. The monoisotopic (exact) mass is 460 g/mol. The molecule has 1 fully saturated rings. The van der Waals surface area contributed by atoms with E-state index in [0.717, 1.165) is 30.7 Å². The van der Waals surface area contributed by atoms with E-state index in [2.05, 4.69) is 30.4 Å². The van der Waals surface area contributed by atoms with Gasteiger partial charge in [0, 0.05) is 41.4 Å². The number of hydrogen-bond donors (Lipinski definition) is 5. The molecule has 0 spiro atoms. The first kappa shape index (κ1) is 21.1. The van der Waals surface area contributed by atoms with Crippen LogP contribution in [0.2, 0.25) is 0 Å². The lowest BCUT2D eigenvalue weighted by Crippen LogP contribution is -2.15. The fourth-order valence-corrected chi connectivity index (χ4v) is 5.74. The van der Waals surface area contributed by atoms with Gasteiger partial charge in [0.15, 0.2) is 11.6 Å². The Morgan fingerprint density at radius 2 is 1.81 bits per heavy atom. The third kappa shape index (κ3) is 3.70. The molecule has 1 saturated carbocycles. The van der Waals surface area contributed by atoms with Crippen molar-refractivity contribution in [1.82, 2.24) is 25.1 Å². The van der Waals surface area contributed by atoms with Gasteiger partial charge in [0.25, 0.3) is 0 Å². The molecule has 1 aromatic carbocycles. The van der Waals surface area contributed by atoms with Gasteiger partial charge in [-0.3, -0.25) is 10.2 Å². The van der Waals surface area contributed by atoms with Gasteiger partial charge in [-0.1, -0.05) is 0 Å². The molecule has 0 amide bonds. The second-order valence-electron chi connectivity index (χ2n) is 9.04. The van der Waals surface area contributed by atoms with Crippen molar-refractivity contribution in [3.63, 3.8) is 0 Å². The Balaban J connectivity index is 1.29. The van der Waals surface area contributed by atoms with Crippen molar-refractivity contribution in [2.24, 2.45) is 0 Å². The molecule has 9 nitrogen and oxygen atoms in total. The summed E-state index contributed by atoms with van der Waals surface area (Å²) in [6.45, 7) is 3.36. The predicted octanol–water partition coefficient (Wildman–Crippen LogP) is 3.09. The largest absolute Gasteiger partial charge is 0.384 e. The average molecular weight is 461 g/mol. The molecule has 11 heteroatoms. The maximum absolute atomic E-state index is 14.8. The molecule has 2 atom stereocenters. The van der Waals surface area contributed by atoms with Crippen molar-refractivity contribution >= 4 is 21.5 Å². The molecule has 170 valence electrons. The summed E-state index contributed by atoms with van der Waals surface area (Å²) >= 11 is 0. The van der Waals surface area contributed by atoms with Gasteiger partial charge in [0.2, 0.25) is 10.0 Å². The number of aromatic nitrogens is 4. The van der Waals surface area contributed by atoms with Gasteiger partial charge in [-0.15, -0.1) is 0 Å². The summed E-state index contributed by atoms with van der Waals surface area (Å²) < 4.78 is 40.9. The molecular weight excluding hydrogens is 435 g/mol.